The molecule has 0 aliphatic heterocycles. The van der Waals surface area contributed by atoms with E-state index in [2.05, 4.69) is 4.74 Å². The van der Waals surface area contributed by atoms with E-state index in [1.54, 1.807) is 6.92 Å². The molecule has 5 heteroatoms. The molecule has 0 bridgehead atoms. The highest BCUT2D eigenvalue weighted by atomic mass is 35.5. The van der Waals surface area contributed by atoms with Gasteiger partial charge >= 0.3 is 5.43 Å². The molecule has 1 rings (SSSR count). The topological polar surface area (TPSA) is 63.6 Å². The highest BCUT2D eigenvalue weighted by molar-refractivity contribution is 6.61. The summed E-state index contributed by atoms with van der Waals surface area (Å²) in [6, 6.07) is 0. The van der Waals surface area contributed by atoms with E-state index in [-0.39, 0.29) is 6.47 Å². The molecule has 0 radical (unpaired) electrons. The number of rotatable bonds is 1. The van der Waals surface area contributed by atoms with Gasteiger partial charge in [0.25, 0.3) is 6.47 Å². The van der Waals surface area contributed by atoms with Crippen LogP contribution in [0.2, 0.25) is 0 Å². The Kier molecular flexibility index (Phi) is 15.6. The Morgan fingerprint density at radius 3 is 1.77 bits per heavy atom. The molecule has 1 saturated carbocycles. The number of halogens is 1. The normalized spacial score (nSPS) is 11.8. The zero-order chi connectivity index (χ0) is 10.5. The molecule has 78 valence electrons. The van der Waals surface area contributed by atoms with Crippen LogP contribution in [0.1, 0.15) is 32.6 Å². The summed E-state index contributed by atoms with van der Waals surface area (Å²) in [5, 5.41) is 6.89. The van der Waals surface area contributed by atoms with E-state index in [1.165, 1.54) is 25.7 Å². The summed E-state index contributed by atoms with van der Waals surface area (Å²) in [7, 11) is 0. The molecular weight excluding hydrogens is 196 g/mol. The van der Waals surface area contributed by atoms with E-state index >= 15 is 0 Å². The quantitative estimate of drug-likeness (QED) is 0.534. The average molecular weight is 211 g/mol. The maximum absolute atomic E-state index is 9.59. The summed E-state index contributed by atoms with van der Waals surface area (Å²) in [6.45, 7) is 1.79. The van der Waals surface area contributed by atoms with Crippen molar-refractivity contribution < 1.29 is 19.4 Å². The summed E-state index contributed by atoms with van der Waals surface area (Å²) in [4.78, 5) is 17.9. The summed E-state index contributed by atoms with van der Waals surface area (Å²) >= 11 is 4.72. The van der Waals surface area contributed by atoms with Crippen LogP contribution in [-0.2, 0) is 9.53 Å². The van der Waals surface area contributed by atoms with Gasteiger partial charge in [-0.1, -0.05) is 25.7 Å². The number of hydrogen-bond acceptors (Lipinski definition) is 3. The van der Waals surface area contributed by atoms with Crippen LogP contribution in [0.25, 0.3) is 0 Å². The molecule has 13 heavy (non-hydrogen) atoms. The van der Waals surface area contributed by atoms with E-state index in [1.807, 2.05) is 0 Å². The number of carboxylic acid groups (broad SMARTS) is 1. The molecule has 0 aromatic rings. The first-order chi connectivity index (χ1) is 6.18. The lowest BCUT2D eigenvalue weighted by molar-refractivity contribution is -0.122. The van der Waals surface area contributed by atoms with Crippen molar-refractivity contribution in [3.05, 3.63) is 0 Å². The van der Waals surface area contributed by atoms with Crippen LogP contribution in [-0.4, -0.2) is 23.6 Å². The second kappa shape index (κ2) is 13.8. The van der Waals surface area contributed by atoms with Crippen molar-refractivity contribution in [1.82, 2.24) is 0 Å². The van der Waals surface area contributed by atoms with Crippen molar-refractivity contribution in [2.24, 2.45) is 0 Å². The van der Waals surface area contributed by atoms with Gasteiger partial charge in [-0.15, -0.1) is 0 Å². The average Bonchev–Trinajstić information content (AvgIpc) is 1.83. The number of carbonyl (C=O) groups excluding carboxylic acids is 1. The Labute approximate surface area is 82.8 Å². The maximum atomic E-state index is 9.59. The van der Waals surface area contributed by atoms with Crippen LogP contribution in [0.5, 0.6) is 0 Å². The minimum absolute atomic E-state index is 0.250. The fourth-order valence-electron chi connectivity index (χ4n) is 0.363. The van der Waals surface area contributed by atoms with Gasteiger partial charge < -0.3 is 9.84 Å². The Bertz CT molecular complexity index is 119. The third-order valence-corrected chi connectivity index (χ3v) is 1.37. The fraction of sp³-hybridized carbons (Fsp3) is 0.750. The summed E-state index contributed by atoms with van der Waals surface area (Å²) in [5.74, 6) is 0. The van der Waals surface area contributed by atoms with Gasteiger partial charge in [0, 0.05) is 11.6 Å². The predicted octanol–water partition coefficient (Wildman–Crippen LogP) is 2.64. The Balaban J connectivity index is 0. The molecule has 1 aliphatic rings. The van der Waals surface area contributed by atoms with E-state index in [0.29, 0.717) is 6.61 Å². The van der Waals surface area contributed by atoms with E-state index in [4.69, 9.17) is 21.5 Å². The van der Waals surface area contributed by atoms with Crippen LogP contribution < -0.4 is 0 Å². The largest absolute Gasteiger partial charge is 0.483 e. The molecule has 0 atom stereocenters. The summed E-state index contributed by atoms with van der Waals surface area (Å²) in [6.07, 6.45) is 6.00. The second-order valence-electron chi connectivity index (χ2n) is 2.19. The summed E-state index contributed by atoms with van der Waals surface area (Å²) < 4.78 is 4.17. The number of carbonyl (C=O) groups is 2. The smallest absolute Gasteiger partial charge is 0.403 e. The van der Waals surface area contributed by atoms with Crippen molar-refractivity contribution in [2.75, 3.05) is 6.61 Å². The zero-order valence-electron chi connectivity index (χ0n) is 7.66. The van der Waals surface area contributed by atoms with Crippen molar-refractivity contribution in [3.63, 3.8) is 0 Å². The minimum atomic E-state index is -0.738. The van der Waals surface area contributed by atoms with Gasteiger partial charge in [-0.3, -0.25) is 4.79 Å². The van der Waals surface area contributed by atoms with Gasteiger partial charge in [-0.2, -0.15) is 0 Å². The molecule has 1 fully saturated rings. The molecule has 0 spiro atoms. The second-order valence-corrected chi connectivity index (χ2v) is 2.50. The van der Waals surface area contributed by atoms with Gasteiger partial charge in [0.2, 0.25) is 0 Å². The standard InChI is InChI=1S/C4H8.C3H5ClO2.CH2O2/c1-2-4-3-1;1-2-6-3(4)5;2-1-3/h1-4H2;2H2,1H3;1H,(H,2,3). The monoisotopic (exact) mass is 210 g/mol. The third-order valence-electron chi connectivity index (χ3n) is 1.26. The lowest BCUT2D eigenvalue weighted by Gasteiger charge is -2.05. The minimum Gasteiger partial charge on any atom is -0.483 e. The molecule has 0 saturated heterocycles. The predicted molar refractivity (Wildman–Crippen MR) is 50.0 cm³/mol. The molecule has 4 nitrogen and oxygen atoms in total. The van der Waals surface area contributed by atoms with Gasteiger partial charge in [0.05, 0.1) is 6.61 Å². The fourth-order valence-corrected chi connectivity index (χ4v) is 0.473. The zero-order valence-corrected chi connectivity index (χ0v) is 8.42. The van der Waals surface area contributed by atoms with Gasteiger partial charge in [-0.05, 0) is 6.92 Å². The molecule has 0 aromatic heterocycles. The number of hydrogen-bond donors (Lipinski definition) is 1. The molecule has 0 aromatic carbocycles. The third kappa shape index (κ3) is 24.6. The maximum Gasteiger partial charge on any atom is 0.403 e. The Morgan fingerprint density at radius 2 is 1.77 bits per heavy atom. The van der Waals surface area contributed by atoms with Crippen LogP contribution in [0.15, 0.2) is 0 Å². The highest BCUT2D eigenvalue weighted by Gasteiger charge is 1.95. The molecule has 0 unspecified atom stereocenters. The Morgan fingerprint density at radius 1 is 1.46 bits per heavy atom. The van der Waals surface area contributed by atoms with E-state index < -0.39 is 5.43 Å². The first-order valence-corrected chi connectivity index (χ1v) is 4.46. The van der Waals surface area contributed by atoms with Gasteiger partial charge in [-0.25, -0.2) is 4.79 Å². The molecular formula is C8H15ClO4. The molecule has 0 heterocycles. The molecule has 1 aliphatic carbocycles. The van der Waals surface area contributed by atoms with Crippen LogP contribution >= 0.6 is 11.6 Å². The first kappa shape index (κ1) is 14.7. The first-order valence-electron chi connectivity index (χ1n) is 4.09. The molecule has 1 N–H and O–H groups in total. The van der Waals surface area contributed by atoms with Crippen molar-refractivity contribution in [3.8, 4) is 0 Å². The highest BCUT2D eigenvalue weighted by Crippen LogP contribution is 2.15. The van der Waals surface area contributed by atoms with E-state index in [0.717, 1.165) is 0 Å². The van der Waals surface area contributed by atoms with Crippen LogP contribution in [0.4, 0.5) is 4.79 Å². The lowest BCUT2D eigenvalue weighted by atomic mass is 10.0. The van der Waals surface area contributed by atoms with Crippen molar-refractivity contribution >= 4 is 23.5 Å². The van der Waals surface area contributed by atoms with Gasteiger partial charge in [0.15, 0.2) is 0 Å². The van der Waals surface area contributed by atoms with Crippen LogP contribution in [0.3, 0.4) is 0 Å². The van der Waals surface area contributed by atoms with Crippen molar-refractivity contribution in [1.29, 1.82) is 0 Å². The number of ether oxygens (including phenoxy) is 1. The van der Waals surface area contributed by atoms with Crippen molar-refractivity contribution in [2.45, 2.75) is 32.6 Å². The SMILES string of the molecule is C1CCC1.CCOC(=O)Cl.O=CO. The summed E-state index contributed by atoms with van der Waals surface area (Å²) in [5.41, 5.74) is -0.738. The van der Waals surface area contributed by atoms with Crippen LogP contribution in [0, 0.1) is 0 Å². The lowest BCUT2D eigenvalue weighted by Crippen LogP contribution is -1.89. The van der Waals surface area contributed by atoms with E-state index in [9.17, 15) is 4.79 Å². The Hall–Kier alpha value is -0.770. The molecule has 0 amide bonds. The van der Waals surface area contributed by atoms with Gasteiger partial charge in [0.1, 0.15) is 0 Å².